The molecular formula is C7H12N2O2S. The van der Waals surface area contributed by atoms with Crippen LogP contribution in [0.4, 0.5) is 0 Å². The molecule has 0 aromatic carbocycles. The zero-order chi connectivity index (χ0) is 9.56. The van der Waals surface area contributed by atoms with Crippen molar-refractivity contribution < 1.29 is 10.0 Å². The van der Waals surface area contributed by atoms with E-state index in [1.807, 2.05) is 0 Å². The number of amides is 1. The summed E-state index contributed by atoms with van der Waals surface area (Å²) in [7, 11) is 1.53. The highest BCUT2D eigenvalue weighted by Gasteiger charge is 2.15. The maximum absolute atomic E-state index is 11.3. The number of carbonyl (C=O) groups excluding carboxylic acids is 1. The van der Waals surface area contributed by atoms with Gasteiger partial charge in [-0.1, -0.05) is 11.7 Å². The predicted octanol–water partition coefficient (Wildman–Crippen LogP) is 1.13. The Hall–Kier alpha value is -0.970. The number of rotatable bonds is 4. The lowest BCUT2D eigenvalue weighted by molar-refractivity contribution is -0.125. The summed E-state index contributed by atoms with van der Waals surface area (Å²) >= 11 is 1.32. The molecule has 0 saturated carbocycles. The van der Waals surface area contributed by atoms with Crippen LogP contribution < -0.4 is 0 Å². The van der Waals surface area contributed by atoms with Crippen LogP contribution in [0.5, 0.6) is 0 Å². The molecule has 0 saturated heterocycles. The highest BCUT2D eigenvalue weighted by atomic mass is 32.2. The molecule has 1 atom stereocenters. The number of thioether (sulfide) groups is 1. The van der Waals surface area contributed by atoms with Gasteiger partial charge < -0.3 is 10.1 Å². The fraction of sp³-hybridized carbons (Fsp3) is 0.429. The van der Waals surface area contributed by atoms with E-state index < -0.39 is 0 Å². The smallest absolute Gasteiger partial charge is 0.240 e. The normalized spacial score (nSPS) is 12.8. The zero-order valence-electron chi connectivity index (χ0n) is 7.10. The molecule has 0 aliphatic heterocycles. The molecule has 0 radical (unpaired) electrons. The summed E-state index contributed by atoms with van der Waals surface area (Å²) in [6.07, 6.45) is 1.06. The molecule has 0 fully saturated rings. The first-order valence-electron chi connectivity index (χ1n) is 3.34. The quantitative estimate of drug-likeness (QED) is 0.311. The van der Waals surface area contributed by atoms with Gasteiger partial charge in [-0.15, -0.1) is 11.8 Å². The molecule has 0 rings (SSSR count). The topological polar surface area (TPSA) is 52.9 Å². The van der Waals surface area contributed by atoms with Crippen molar-refractivity contribution in [3.63, 3.8) is 0 Å². The van der Waals surface area contributed by atoms with E-state index in [0.29, 0.717) is 0 Å². The van der Waals surface area contributed by atoms with Crippen molar-refractivity contribution in [2.45, 2.75) is 12.2 Å². The van der Waals surface area contributed by atoms with Gasteiger partial charge in [0, 0.05) is 7.05 Å². The summed E-state index contributed by atoms with van der Waals surface area (Å²) in [5.74, 6) is -0.127. The van der Waals surface area contributed by atoms with E-state index >= 15 is 0 Å². The fourth-order valence-corrected chi connectivity index (χ4v) is 1.20. The molecule has 4 nitrogen and oxygen atoms in total. The predicted molar refractivity (Wildman–Crippen MR) is 50.3 cm³/mol. The van der Waals surface area contributed by atoms with Crippen molar-refractivity contribution in [3.8, 4) is 0 Å². The molecule has 5 heteroatoms. The van der Waals surface area contributed by atoms with Crippen molar-refractivity contribution in [3.05, 3.63) is 12.0 Å². The lowest BCUT2D eigenvalue weighted by Gasteiger charge is -2.14. The third kappa shape index (κ3) is 3.43. The summed E-state index contributed by atoms with van der Waals surface area (Å²) in [6, 6.07) is 0. The van der Waals surface area contributed by atoms with Gasteiger partial charge in [0.2, 0.25) is 5.91 Å². The van der Waals surface area contributed by atoms with Crippen LogP contribution in [0.1, 0.15) is 6.92 Å². The van der Waals surface area contributed by atoms with Crippen LogP contribution in [0, 0.1) is 0 Å². The van der Waals surface area contributed by atoms with E-state index in [4.69, 9.17) is 5.21 Å². The second-order valence-electron chi connectivity index (χ2n) is 2.13. The van der Waals surface area contributed by atoms with Crippen LogP contribution in [0.15, 0.2) is 17.1 Å². The number of carbonyl (C=O) groups is 1. The Morgan fingerprint density at radius 1 is 1.83 bits per heavy atom. The molecule has 0 aliphatic rings. The van der Waals surface area contributed by atoms with Crippen molar-refractivity contribution in [1.82, 2.24) is 4.90 Å². The third-order valence-corrected chi connectivity index (χ3v) is 2.02. The van der Waals surface area contributed by atoms with Gasteiger partial charge >= 0.3 is 0 Å². The monoisotopic (exact) mass is 188 g/mol. The molecule has 0 aliphatic carbocycles. The van der Waals surface area contributed by atoms with E-state index in [1.165, 1.54) is 23.7 Å². The maximum atomic E-state index is 11.3. The molecular weight excluding hydrogens is 176 g/mol. The summed E-state index contributed by atoms with van der Waals surface area (Å²) in [5, 5.41) is 12.3. The van der Waals surface area contributed by atoms with Gasteiger partial charge in [0.15, 0.2) is 0 Å². The summed E-state index contributed by atoms with van der Waals surface area (Å²) in [4.78, 5) is 12.5. The molecule has 1 N–H and O–H groups in total. The van der Waals surface area contributed by atoms with E-state index in [-0.39, 0.29) is 11.2 Å². The van der Waals surface area contributed by atoms with Gasteiger partial charge in [-0.05, 0) is 12.3 Å². The van der Waals surface area contributed by atoms with Gasteiger partial charge in [0.05, 0.1) is 5.25 Å². The number of nitrogens with zero attached hydrogens (tertiary/aromatic N) is 2. The Morgan fingerprint density at radius 3 is 2.83 bits per heavy atom. The van der Waals surface area contributed by atoms with Crippen LogP contribution in [-0.4, -0.2) is 34.7 Å². The van der Waals surface area contributed by atoms with Crippen LogP contribution in [-0.2, 0) is 4.79 Å². The minimum atomic E-state index is -0.203. The van der Waals surface area contributed by atoms with Crippen molar-refractivity contribution >= 4 is 24.0 Å². The van der Waals surface area contributed by atoms with Crippen LogP contribution in [0.25, 0.3) is 0 Å². The maximum Gasteiger partial charge on any atom is 0.240 e. The molecule has 12 heavy (non-hydrogen) atoms. The van der Waals surface area contributed by atoms with Gasteiger partial charge in [-0.25, -0.2) is 0 Å². The average Bonchev–Trinajstić information content (AvgIpc) is 2.04. The second kappa shape index (κ2) is 5.65. The van der Waals surface area contributed by atoms with Crippen LogP contribution >= 0.6 is 11.8 Å². The number of hydrogen-bond donors (Lipinski definition) is 1. The first-order chi connectivity index (χ1) is 5.63. The number of hydrogen-bond acceptors (Lipinski definition) is 4. The summed E-state index contributed by atoms with van der Waals surface area (Å²) in [5.41, 5.74) is 0. The average molecular weight is 188 g/mol. The molecule has 0 heterocycles. The lowest BCUT2D eigenvalue weighted by atomic mass is 10.4. The first kappa shape index (κ1) is 11.0. The van der Waals surface area contributed by atoms with Crippen molar-refractivity contribution in [2.75, 3.05) is 7.05 Å². The van der Waals surface area contributed by atoms with Gasteiger partial charge in [0.1, 0.15) is 6.34 Å². The standard InChI is InChI=1S/C7H12N2O2S/c1-4-12-6(2)7(10)9(3)5-8-11/h4-6,11H,1H2,2-3H3. The fourth-order valence-electron chi connectivity index (χ4n) is 0.624. The third-order valence-electron chi connectivity index (χ3n) is 1.22. The SMILES string of the molecule is C=CSC(C)C(=O)N(C)C=NO. The van der Waals surface area contributed by atoms with E-state index in [1.54, 1.807) is 12.3 Å². The molecule has 0 aromatic heterocycles. The van der Waals surface area contributed by atoms with Gasteiger partial charge in [0.25, 0.3) is 0 Å². The van der Waals surface area contributed by atoms with E-state index in [0.717, 1.165) is 6.34 Å². The molecule has 1 amide bonds. The summed E-state index contributed by atoms with van der Waals surface area (Å²) in [6.45, 7) is 5.26. The highest BCUT2D eigenvalue weighted by molar-refractivity contribution is 8.03. The molecule has 0 aromatic rings. The first-order valence-corrected chi connectivity index (χ1v) is 4.28. The Labute approximate surface area is 75.9 Å². The zero-order valence-corrected chi connectivity index (χ0v) is 7.91. The van der Waals surface area contributed by atoms with Gasteiger partial charge in [-0.2, -0.15) is 0 Å². The van der Waals surface area contributed by atoms with Crippen molar-refractivity contribution in [2.24, 2.45) is 5.16 Å². The van der Waals surface area contributed by atoms with Crippen molar-refractivity contribution in [1.29, 1.82) is 0 Å². The Balaban J connectivity index is 4.08. The molecule has 68 valence electrons. The number of oxime groups is 1. The van der Waals surface area contributed by atoms with E-state index in [9.17, 15) is 4.79 Å². The minimum absolute atomic E-state index is 0.127. The summed E-state index contributed by atoms with van der Waals surface area (Å²) < 4.78 is 0. The minimum Gasteiger partial charge on any atom is -0.410 e. The molecule has 0 bridgehead atoms. The Kier molecular flexibility index (Phi) is 5.19. The van der Waals surface area contributed by atoms with Gasteiger partial charge in [-0.3, -0.25) is 4.79 Å². The lowest BCUT2D eigenvalue weighted by Crippen LogP contribution is -2.31. The molecule has 0 spiro atoms. The van der Waals surface area contributed by atoms with E-state index in [2.05, 4.69) is 11.7 Å². The Bertz CT molecular complexity index is 194. The second-order valence-corrected chi connectivity index (χ2v) is 3.44. The van der Waals surface area contributed by atoms with Crippen LogP contribution in [0.3, 0.4) is 0 Å². The highest BCUT2D eigenvalue weighted by Crippen LogP contribution is 2.12. The largest absolute Gasteiger partial charge is 0.410 e. The van der Waals surface area contributed by atoms with Crippen LogP contribution in [0.2, 0.25) is 0 Å². The Morgan fingerprint density at radius 2 is 2.42 bits per heavy atom. The molecule has 1 unspecified atom stereocenters.